The Bertz CT molecular complexity index is 773. The number of anilines is 1. The van der Waals surface area contributed by atoms with E-state index in [0.717, 1.165) is 0 Å². The van der Waals surface area contributed by atoms with Gasteiger partial charge in [0.1, 0.15) is 5.75 Å². The third kappa shape index (κ3) is 4.31. The minimum atomic E-state index is -0.390. The Kier molecular flexibility index (Phi) is 6.42. The van der Waals surface area contributed by atoms with Gasteiger partial charge in [-0.2, -0.15) is 0 Å². The van der Waals surface area contributed by atoms with Gasteiger partial charge < -0.3 is 15.0 Å². The van der Waals surface area contributed by atoms with Crippen molar-refractivity contribution in [2.45, 2.75) is 13.8 Å². The Morgan fingerprint density at radius 3 is 2.40 bits per heavy atom. The number of hydrogen-bond acceptors (Lipinski definition) is 3. The third-order valence-electron chi connectivity index (χ3n) is 3.86. The molecule has 0 atom stereocenters. The molecule has 2 aromatic rings. The predicted octanol–water partition coefficient (Wildman–Crippen LogP) is 4.08. The van der Waals surface area contributed by atoms with E-state index in [0.29, 0.717) is 40.7 Å². The van der Waals surface area contributed by atoms with Crippen LogP contribution in [0.3, 0.4) is 0 Å². The maximum absolute atomic E-state index is 12.7. The van der Waals surface area contributed by atoms with Gasteiger partial charge in [-0.1, -0.05) is 23.7 Å². The number of nitrogens with one attached hydrogen (secondary N) is 1. The summed E-state index contributed by atoms with van der Waals surface area (Å²) in [6.45, 7) is 5.03. The molecule has 0 aromatic heterocycles. The Morgan fingerprint density at radius 2 is 1.76 bits per heavy atom. The number of para-hydroxylation sites is 1. The van der Waals surface area contributed by atoms with Crippen LogP contribution in [0.1, 0.15) is 34.6 Å². The average molecular weight is 361 g/mol. The molecule has 2 rings (SSSR count). The number of methoxy groups -OCH3 is 1. The quantitative estimate of drug-likeness (QED) is 0.844. The number of carbonyl (C=O) groups excluding carboxylic acids is 2. The average Bonchev–Trinajstić information content (AvgIpc) is 2.63. The number of nitrogens with zero attached hydrogens (tertiary/aromatic N) is 1. The van der Waals surface area contributed by atoms with Crippen molar-refractivity contribution >= 4 is 29.1 Å². The van der Waals surface area contributed by atoms with Gasteiger partial charge in [-0.15, -0.1) is 0 Å². The minimum Gasteiger partial charge on any atom is -0.496 e. The highest BCUT2D eigenvalue weighted by Gasteiger charge is 2.19. The zero-order valence-corrected chi connectivity index (χ0v) is 15.3. The second-order valence-electron chi connectivity index (χ2n) is 5.32. The second-order valence-corrected chi connectivity index (χ2v) is 5.76. The molecule has 0 aliphatic heterocycles. The van der Waals surface area contributed by atoms with Crippen LogP contribution < -0.4 is 10.1 Å². The molecule has 0 heterocycles. The third-order valence-corrected chi connectivity index (χ3v) is 4.10. The van der Waals surface area contributed by atoms with E-state index in [4.69, 9.17) is 16.3 Å². The Morgan fingerprint density at radius 1 is 1.08 bits per heavy atom. The van der Waals surface area contributed by atoms with E-state index in [1.807, 2.05) is 13.8 Å². The molecular formula is C19H21ClN2O3. The van der Waals surface area contributed by atoms with Gasteiger partial charge in [0.15, 0.2) is 0 Å². The molecule has 0 bridgehead atoms. The van der Waals surface area contributed by atoms with Gasteiger partial charge in [-0.05, 0) is 44.2 Å². The molecule has 132 valence electrons. The topological polar surface area (TPSA) is 58.6 Å². The molecule has 0 aliphatic carbocycles. The van der Waals surface area contributed by atoms with Gasteiger partial charge >= 0.3 is 0 Å². The molecule has 6 heteroatoms. The van der Waals surface area contributed by atoms with Crippen LogP contribution in [0.2, 0.25) is 5.02 Å². The van der Waals surface area contributed by atoms with Gasteiger partial charge in [0.25, 0.3) is 11.8 Å². The molecule has 2 amide bonds. The number of rotatable bonds is 6. The summed E-state index contributed by atoms with van der Waals surface area (Å²) in [5, 5.41) is 3.22. The number of hydrogen-bond donors (Lipinski definition) is 1. The SMILES string of the molecule is CCN(CC)C(=O)c1ccccc1NC(=O)c1cc(Cl)ccc1OC. The Balaban J connectivity index is 2.34. The van der Waals surface area contributed by atoms with E-state index in [1.54, 1.807) is 41.3 Å². The summed E-state index contributed by atoms with van der Waals surface area (Å²) < 4.78 is 5.22. The number of amides is 2. The van der Waals surface area contributed by atoms with Gasteiger partial charge in [0.05, 0.1) is 23.9 Å². The van der Waals surface area contributed by atoms with Crippen molar-refractivity contribution < 1.29 is 14.3 Å². The fourth-order valence-corrected chi connectivity index (χ4v) is 2.68. The first-order chi connectivity index (χ1) is 12.0. The van der Waals surface area contributed by atoms with E-state index in [-0.39, 0.29) is 11.8 Å². The van der Waals surface area contributed by atoms with Crippen molar-refractivity contribution in [3.05, 3.63) is 58.6 Å². The van der Waals surface area contributed by atoms with Crippen molar-refractivity contribution in [3.8, 4) is 5.75 Å². The van der Waals surface area contributed by atoms with Crippen LogP contribution in [0.4, 0.5) is 5.69 Å². The highest BCUT2D eigenvalue weighted by atomic mass is 35.5. The maximum atomic E-state index is 12.7. The molecule has 25 heavy (non-hydrogen) atoms. The van der Waals surface area contributed by atoms with Crippen LogP contribution >= 0.6 is 11.6 Å². The Labute approximate surface area is 152 Å². The zero-order valence-electron chi connectivity index (χ0n) is 14.5. The van der Waals surface area contributed by atoms with Crippen LogP contribution in [0.5, 0.6) is 5.75 Å². The van der Waals surface area contributed by atoms with Crippen LogP contribution in [-0.2, 0) is 0 Å². The summed E-state index contributed by atoms with van der Waals surface area (Å²) in [4.78, 5) is 27.0. The van der Waals surface area contributed by atoms with Crippen molar-refractivity contribution in [2.24, 2.45) is 0 Å². The first kappa shape index (κ1) is 18.8. The Hall–Kier alpha value is -2.53. The summed E-state index contributed by atoms with van der Waals surface area (Å²) in [5.41, 5.74) is 1.20. The number of halogens is 1. The lowest BCUT2D eigenvalue weighted by Crippen LogP contribution is -2.31. The molecular weight excluding hydrogens is 340 g/mol. The largest absolute Gasteiger partial charge is 0.496 e. The maximum Gasteiger partial charge on any atom is 0.259 e. The minimum absolute atomic E-state index is 0.126. The van der Waals surface area contributed by atoms with E-state index >= 15 is 0 Å². The summed E-state index contributed by atoms with van der Waals surface area (Å²) >= 11 is 5.99. The predicted molar refractivity (Wildman–Crippen MR) is 99.7 cm³/mol. The lowest BCUT2D eigenvalue weighted by Gasteiger charge is -2.20. The molecule has 0 aliphatic rings. The fraction of sp³-hybridized carbons (Fsp3) is 0.263. The van der Waals surface area contributed by atoms with Crippen LogP contribution in [0, 0.1) is 0 Å². The normalized spacial score (nSPS) is 10.2. The molecule has 0 spiro atoms. The number of benzene rings is 2. The molecule has 0 fully saturated rings. The lowest BCUT2D eigenvalue weighted by atomic mass is 10.1. The van der Waals surface area contributed by atoms with Crippen LogP contribution in [0.25, 0.3) is 0 Å². The van der Waals surface area contributed by atoms with Crippen molar-refractivity contribution in [1.29, 1.82) is 0 Å². The zero-order chi connectivity index (χ0) is 18.4. The molecule has 1 N–H and O–H groups in total. The van der Waals surface area contributed by atoms with Crippen molar-refractivity contribution in [3.63, 3.8) is 0 Å². The molecule has 0 saturated carbocycles. The number of carbonyl (C=O) groups is 2. The highest BCUT2D eigenvalue weighted by Crippen LogP contribution is 2.25. The van der Waals surface area contributed by atoms with E-state index in [1.165, 1.54) is 13.2 Å². The molecule has 2 aromatic carbocycles. The molecule has 0 radical (unpaired) electrons. The van der Waals surface area contributed by atoms with Gasteiger partial charge in [-0.25, -0.2) is 0 Å². The van der Waals surface area contributed by atoms with Crippen LogP contribution in [-0.4, -0.2) is 36.9 Å². The molecule has 5 nitrogen and oxygen atoms in total. The lowest BCUT2D eigenvalue weighted by molar-refractivity contribution is 0.0774. The van der Waals surface area contributed by atoms with Gasteiger partial charge in [0, 0.05) is 18.1 Å². The molecule has 0 saturated heterocycles. The number of ether oxygens (including phenoxy) is 1. The van der Waals surface area contributed by atoms with Gasteiger partial charge in [0.2, 0.25) is 0 Å². The first-order valence-corrected chi connectivity index (χ1v) is 8.42. The summed E-state index contributed by atoms with van der Waals surface area (Å²) in [6, 6.07) is 11.7. The van der Waals surface area contributed by atoms with E-state index < -0.39 is 0 Å². The van der Waals surface area contributed by atoms with Crippen LogP contribution in [0.15, 0.2) is 42.5 Å². The fourth-order valence-electron chi connectivity index (χ4n) is 2.51. The van der Waals surface area contributed by atoms with E-state index in [2.05, 4.69) is 5.32 Å². The summed E-state index contributed by atoms with van der Waals surface area (Å²) in [6.07, 6.45) is 0. The summed E-state index contributed by atoms with van der Waals surface area (Å²) in [5.74, 6) is -0.104. The summed E-state index contributed by atoms with van der Waals surface area (Å²) in [7, 11) is 1.48. The van der Waals surface area contributed by atoms with Gasteiger partial charge in [-0.3, -0.25) is 9.59 Å². The van der Waals surface area contributed by atoms with Crippen molar-refractivity contribution in [2.75, 3.05) is 25.5 Å². The smallest absolute Gasteiger partial charge is 0.259 e. The van der Waals surface area contributed by atoms with Crippen molar-refractivity contribution in [1.82, 2.24) is 4.90 Å². The molecule has 0 unspecified atom stereocenters. The standard InChI is InChI=1S/C19H21ClN2O3/c1-4-22(5-2)19(24)14-8-6-7-9-16(14)21-18(23)15-12-13(20)10-11-17(15)25-3/h6-12H,4-5H2,1-3H3,(H,21,23). The first-order valence-electron chi connectivity index (χ1n) is 8.05. The highest BCUT2D eigenvalue weighted by molar-refractivity contribution is 6.31. The monoisotopic (exact) mass is 360 g/mol. The van der Waals surface area contributed by atoms with E-state index in [9.17, 15) is 9.59 Å². The second kappa shape index (κ2) is 8.53.